The number of carboxylic acids is 1. The Hall–Kier alpha value is -1.50. The van der Waals surface area contributed by atoms with Crippen molar-refractivity contribution in [2.75, 3.05) is 5.75 Å². The predicted molar refractivity (Wildman–Crippen MR) is 51.5 cm³/mol. The lowest BCUT2D eigenvalue weighted by atomic mass is 10.4. The molecule has 76 valence electrons. The number of hydrogen-bond acceptors (Lipinski definition) is 4. The first kappa shape index (κ1) is 10.6. The monoisotopic (exact) mass is 216 g/mol. The van der Waals surface area contributed by atoms with Crippen molar-refractivity contribution in [1.29, 1.82) is 0 Å². The highest BCUT2D eigenvalue weighted by molar-refractivity contribution is 7.99. The summed E-state index contributed by atoms with van der Waals surface area (Å²) in [5, 5.41) is 8.34. The molecule has 0 fully saturated rings. The molecule has 1 heterocycles. The molecule has 0 atom stereocenters. The van der Waals surface area contributed by atoms with E-state index < -0.39 is 17.2 Å². The topological polar surface area (TPSA) is 103 Å². The largest absolute Gasteiger partial charge is 0.481 e. The molecule has 0 radical (unpaired) electrons. The molecule has 1 aromatic rings. The lowest BCUT2D eigenvalue weighted by molar-refractivity contribution is -0.133. The van der Waals surface area contributed by atoms with E-state index in [-0.39, 0.29) is 5.75 Å². The van der Waals surface area contributed by atoms with Crippen molar-refractivity contribution in [2.24, 2.45) is 0 Å². The second kappa shape index (κ2) is 4.66. The molecule has 0 bridgehead atoms. The molecule has 0 spiro atoms. The minimum absolute atomic E-state index is 0.0607. The number of carboxylic acid groups (broad SMARTS) is 1. The first-order chi connectivity index (χ1) is 6.58. The normalized spacial score (nSPS) is 10.0. The summed E-state index contributed by atoms with van der Waals surface area (Å²) >= 11 is 1.11. The van der Waals surface area contributed by atoms with E-state index in [9.17, 15) is 14.4 Å². The number of hydrogen-bond donors (Lipinski definition) is 3. The summed E-state index contributed by atoms with van der Waals surface area (Å²) in [5.74, 6) is -0.692. The zero-order valence-electron chi connectivity index (χ0n) is 7.07. The van der Waals surface area contributed by atoms with Crippen LogP contribution in [0.25, 0.3) is 0 Å². The van der Waals surface area contributed by atoms with Crippen LogP contribution in [-0.4, -0.2) is 26.8 Å². The highest BCUT2D eigenvalue weighted by Crippen LogP contribution is 2.06. The molecule has 6 nitrogen and oxygen atoms in total. The van der Waals surface area contributed by atoms with E-state index in [1.807, 2.05) is 4.98 Å². The lowest BCUT2D eigenvalue weighted by Crippen LogP contribution is -2.22. The number of aliphatic carboxylic acids is 1. The average molecular weight is 216 g/mol. The van der Waals surface area contributed by atoms with E-state index in [2.05, 4.69) is 4.98 Å². The molecule has 1 rings (SSSR count). The number of aromatic amines is 2. The molecule has 0 saturated carbocycles. The molecule has 0 amide bonds. The summed E-state index contributed by atoms with van der Waals surface area (Å²) in [4.78, 5) is 36.2. The maximum atomic E-state index is 10.8. The fourth-order valence-electron chi connectivity index (χ4n) is 0.845. The van der Waals surface area contributed by atoms with Crippen LogP contribution >= 0.6 is 11.8 Å². The summed E-state index contributed by atoms with van der Waals surface area (Å²) < 4.78 is 0. The van der Waals surface area contributed by atoms with Crippen molar-refractivity contribution in [3.63, 3.8) is 0 Å². The van der Waals surface area contributed by atoms with Gasteiger partial charge in [0.05, 0.1) is 5.75 Å². The second-order valence-corrected chi connectivity index (χ2v) is 3.49. The fourth-order valence-corrected chi connectivity index (χ4v) is 1.50. The average Bonchev–Trinajstić information content (AvgIpc) is 2.01. The van der Waals surface area contributed by atoms with Gasteiger partial charge in [0, 0.05) is 17.5 Å². The van der Waals surface area contributed by atoms with E-state index in [0.717, 1.165) is 11.8 Å². The smallest absolute Gasteiger partial charge is 0.325 e. The summed E-state index contributed by atoms with van der Waals surface area (Å²) in [5.41, 5.74) is -0.645. The lowest BCUT2D eigenvalue weighted by Gasteiger charge is -1.97. The molecular formula is C7H8N2O4S. The molecule has 0 aliphatic carbocycles. The van der Waals surface area contributed by atoms with Gasteiger partial charge in [-0.05, 0) is 0 Å². The maximum Gasteiger partial charge on any atom is 0.325 e. The van der Waals surface area contributed by atoms with Crippen molar-refractivity contribution < 1.29 is 9.90 Å². The van der Waals surface area contributed by atoms with Gasteiger partial charge in [-0.1, -0.05) is 0 Å². The Morgan fingerprint density at radius 2 is 2.14 bits per heavy atom. The van der Waals surface area contributed by atoms with Crippen molar-refractivity contribution in [3.8, 4) is 0 Å². The number of carbonyl (C=O) groups is 1. The summed E-state index contributed by atoms with van der Waals surface area (Å²) in [6, 6.07) is 1.23. The van der Waals surface area contributed by atoms with Crippen LogP contribution in [0.5, 0.6) is 0 Å². The van der Waals surface area contributed by atoms with Gasteiger partial charge in [0.25, 0.3) is 5.56 Å². The van der Waals surface area contributed by atoms with Gasteiger partial charge in [-0.15, -0.1) is 11.8 Å². The van der Waals surface area contributed by atoms with Crippen LogP contribution in [-0.2, 0) is 10.5 Å². The molecule has 14 heavy (non-hydrogen) atoms. The third-order valence-corrected chi connectivity index (χ3v) is 2.27. The molecule has 7 heteroatoms. The van der Waals surface area contributed by atoms with E-state index in [0.29, 0.717) is 11.4 Å². The van der Waals surface area contributed by atoms with Crippen LogP contribution in [0.2, 0.25) is 0 Å². The Balaban J connectivity index is 2.63. The van der Waals surface area contributed by atoms with Gasteiger partial charge < -0.3 is 10.1 Å². The minimum Gasteiger partial charge on any atom is -0.481 e. The molecule has 0 aliphatic rings. The second-order valence-electron chi connectivity index (χ2n) is 2.50. The van der Waals surface area contributed by atoms with Crippen molar-refractivity contribution in [1.82, 2.24) is 9.97 Å². The number of aromatic nitrogens is 2. The van der Waals surface area contributed by atoms with Crippen molar-refractivity contribution in [3.05, 3.63) is 32.6 Å². The predicted octanol–water partition coefficient (Wildman–Crippen LogP) is -0.619. The minimum atomic E-state index is -0.929. The Labute approximate surface area is 82.4 Å². The van der Waals surface area contributed by atoms with Gasteiger partial charge in [0.15, 0.2) is 0 Å². The zero-order valence-corrected chi connectivity index (χ0v) is 7.89. The van der Waals surface area contributed by atoms with Crippen LogP contribution in [0.1, 0.15) is 5.69 Å². The number of H-pyrrole nitrogens is 2. The van der Waals surface area contributed by atoms with Crippen LogP contribution in [0.3, 0.4) is 0 Å². The number of rotatable bonds is 4. The molecular weight excluding hydrogens is 208 g/mol. The third-order valence-electron chi connectivity index (χ3n) is 1.30. The molecule has 0 aliphatic heterocycles. The Morgan fingerprint density at radius 3 is 2.71 bits per heavy atom. The van der Waals surface area contributed by atoms with Gasteiger partial charge in [0.1, 0.15) is 0 Å². The van der Waals surface area contributed by atoms with Crippen LogP contribution in [0, 0.1) is 0 Å². The van der Waals surface area contributed by atoms with Gasteiger partial charge in [-0.2, -0.15) is 0 Å². The van der Waals surface area contributed by atoms with E-state index in [1.165, 1.54) is 6.07 Å². The summed E-state index contributed by atoms with van der Waals surface area (Å²) in [6.45, 7) is 0. The van der Waals surface area contributed by atoms with E-state index in [4.69, 9.17) is 5.11 Å². The highest BCUT2D eigenvalue weighted by Gasteiger charge is 2.00. The van der Waals surface area contributed by atoms with Gasteiger partial charge >= 0.3 is 11.7 Å². The standard InChI is InChI=1S/C7H8N2O4S/c10-5-1-4(8-7(13)9-5)2-14-3-6(11)12/h1H,2-3H2,(H,11,12)(H2,8,9,10,13). The number of thioether (sulfide) groups is 1. The summed E-state index contributed by atoms with van der Waals surface area (Å²) in [7, 11) is 0. The van der Waals surface area contributed by atoms with Gasteiger partial charge in [0.2, 0.25) is 0 Å². The van der Waals surface area contributed by atoms with Crippen LogP contribution < -0.4 is 11.2 Å². The quantitative estimate of drug-likeness (QED) is 0.622. The maximum absolute atomic E-state index is 10.8. The summed E-state index contributed by atoms with van der Waals surface area (Å²) in [6.07, 6.45) is 0. The first-order valence-corrected chi connectivity index (χ1v) is 4.85. The van der Waals surface area contributed by atoms with E-state index in [1.54, 1.807) is 0 Å². The first-order valence-electron chi connectivity index (χ1n) is 3.70. The Bertz CT molecular complexity index is 408. The van der Waals surface area contributed by atoms with E-state index >= 15 is 0 Å². The van der Waals surface area contributed by atoms with Crippen LogP contribution in [0.15, 0.2) is 15.7 Å². The van der Waals surface area contributed by atoms with Crippen molar-refractivity contribution in [2.45, 2.75) is 5.75 Å². The van der Waals surface area contributed by atoms with Gasteiger partial charge in [-0.25, -0.2) is 4.79 Å². The molecule has 3 N–H and O–H groups in total. The third kappa shape index (κ3) is 3.48. The molecule has 0 saturated heterocycles. The Kier molecular flexibility index (Phi) is 3.52. The fraction of sp³-hybridized carbons (Fsp3) is 0.286. The molecule has 1 aromatic heterocycles. The Morgan fingerprint density at radius 1 is 1.43 bits per heavy atom. The highest BCUT2D eigenvalue weighted by atomic mass is 32.2. The van der Waals surface area contributed by atoms with Gasteiger partial charge in [-0.3, -0.25) is 14.6 Å². The molecule has 0 unspecified atom stereocenters. The molecule has 0 aromatic carbocycles. The number of nitrogens with one attached hydrogen (secondary N) is 2. The van der Waals surface area contributed by atoms with Crippen molar-refractivity contribution >= 4 is 17.7 Å². The zero-order chi connectivity index (χ0) is 10.6. The van der Waals surface area contributed by atoms with Crippen LogP contribution in [0.4, 0.5) is 0 Å². The SMILES string of the molecule is O=C(O)CSCc1cc(=O)[nH]c(=O)[nH]1.